The van der Waals surface area contributed by atoms with Gasteiger partial charge in [0.15, 0.2) is 0 Å². The zero-order chi connectivity index (χ0) is 22.2. The number of rotatable bonds is 9. The number of hydrogen-bond acceptors (Lipinski definition) is 5. The predicted octanol–water partition coefficient (Wildman–Crippen LogP) is 5.14. The molecule has 3 rings (SSSR count). The molecule has 1 unspecified atom stereocenters. The highest BCUT2D eigenvalue weighted by Gasteiger charge is 2.26. The summed E-state index contributed by atoms with van der Waals surface area (Å²) in [6.07, 6.45) is 0.199. The smallest absolute Gasteiger partial charge is 0.314 e. The lowest BCUT2D eigenvalue weighted by molar-refractivity contribution is -0.148. The molecule has 2 aromatic carbocycles. The Morgan fingerprint density at radius 1 is 1.10 bits per heavy atom. The average molecular weight is 457 g/mol. The number of aromatic nitrogens is 1. The van der Waals surface area contributed by atoms with E-state index in [1.54, 1.807) is 12.1 Å². The summed E-state index contributed by atoms with van der Waals surface area (Å²) in [7, 11) is 0. The van der Waals surface area contributed by atoms with Crippen molar-refractivity contribution in [3.8, 4) is 0 Å². The Balaban J connectivity index is 1.51. The van der Waals surface area contributed by atoms with E-state index >= 15 is 0 Å². The number of carbonyl (C=O) groups excluding carboxylic acids is 2. The SMILES string of the molecule is CC(C)C(C(=O)OCc1csc(CC(=O)NCc2ccccc2)n1)c1ccc(Cl)cc1. The van der Waals surface area contributed by atoms with Gasteiger partial charge in [0.1, 0.15) is 11.6 Å². The van der Waals surface area contributed by atoms with Crippen LogP contribution in [0.4, 0.5) is 0 Å². The molecule has 5 nitrogen and oxygen atoms in total. The quantitative estimate of drug-likeness (QED) is 0.453. The van der Waals surface area contributed by atoms with E-state index in [1.807, 2.05) is 61.7 Å². The molecule has 0 saturated heterocycles. The fourth-order valence-electron chi connectivity index (χ4n) is 3.19. The number of nitrogens with zero attached hydrogens (tertiary/aromatic N) is 1. The summed E-state index contributed by atoms with van der Waals surface area (Å²) in [5.74, 6) is -0.691. The Bertz CT molecular complexity index is 1000. The lowest BCUT2D eigenvalue weighted by Crippen LogP contribution is -2.24. The van der Waals surface area contributed by atoms with Gasteiger partial charge < -0.3 is 10.1 Å². The molecule has 7 heteroatoms. The zero-order valence-corrected chi connectivity index (χ0v) is 19.1. The molecule has 1 atom stereocenters. The predicted molar refractivity (Wildman–Crippen MR) is 123 cm³/mol. The minimum absolute atomic E-state index is 0.0768. The van der Waals surface area contributed by atoms with E-state index in [-0.39, 0.29) is 36.7 Å². The van der Waals surface area contributed by atoms with Crippen molar-refractivity contribution in [3.63, 3.8) is 0 Å². The van der Waals surface area contributed by atoms with Crippen molar-refractivity contribution in [3.05, 3.63) is 86.8 Å². The number of esters is 1. The third-order valence-corrected chi connectivity index (χ3v) is 5.91. The molecule has 0 saturated carbocycles. The molecule has 0 spiro atoms. The zero-order valence-electron chi connectivity index (χ0n) is 17.5. The van der Waals surface area contributed by atoms with Crippen molar-refractivity contribution in [1.29, 1.82) is 0 Å². The van der Waals surface area contributed by atoms with Gasteiger partial charge in [-0.2, -0.15) is 0 Å². The standard InChI is InChI=1S/C24H25ClN2O3S/c1-16(2)23(18-8-10-19(25)11-9-18)24(29)30-14-20-15-31-22(27-20)12-21(28)26-13-17-6-4-3-5-7-17/h3-11,15-16,23H,12-14H2,1-2H3,(H,26,28). The van der Waals surface area contributed by atoms with Crippen LogP contribution >= 0.6 is 22.9 Å². The van der Waals surface area contributed by atoms with Crippen LogP contribution in [0.1, 0.15) is 41.6 Å². The second-order valence-electron chi connectivity index (χ2n) is 7.55. The Labute approximate surface area is 191 Å². The number of hydrogen-bond donors (Lipinski definition) is 1. The Morgan fingerprint density at radius 2 is 1.81 bits per heavy atom. The van der Waals surface area contributed by atoms with Crippen molar-refractivity contribution < 1.29 is 14.3 Å². The highest BCUT2D eigenvalue weighted by molar-refractivity contribution is 7.09. The van der Waals surface area contributed by atoms with Gasteiger partial charge in [0.05, 0.1) is 18.0 Å². The van der Waals surface area contributed by atoms with Crippen LogP contribution in [0.5, 0.6) is 0 Å². The third kappa shape index (κ3) is 6.91. The molecule has 0 fully saturated rings. The number of benzene rings is 2. The number of amides is 1. The number of nitrogens with one attached hydrogen (secondary N) is 1. The molecule has 162 valence electrons. The molecule has 0 bridgehead atoms. The molecule has 0 aliphatic heterocycles. The molecular formula is C24H25ClN2O3S. The first kappa shape index (κ1) is 23.0. The van der Waals surface area contributed by atoms with Crippen LogP contribution in [-0.4, -0.2) is 16.9 Å². The maximum absolute atomic E-state index is 12.7. The van der Waals surface area contributed by atoms with E-state index in [0.29, 0.717) is 22.3 Å². The average Bonchev–Trinajstić information content (AvgIpc) is 3.20. The van der Waals surface area contributed by atoms with Gasteiger partial charge in [-0.25, -0.2) is 4.98 Å². The van der Waals surface area contributed by atoms with Crippen LogP contribution in [-0.2, 0) is 33.9 Å². The summed E-state index contributed by atoms with van der Waals surface area (Å²) < 4.78 is 5.53. The Hall–Kier alpha value is -2.70. The molecule has 3 aromatic rings. The van der Waals surface area contributed by atoms with Crippen molar-refractivity contribution >= 4 is 34.8 Å². The summed E-state index contributed by atoms with van der Waals surface area (Å²) in [5.41, 5.74) is 2.56. The van der Waals surface area contributed by atoms with Gasteiger partial charge in [0.2, 0.25) is 5.91 Å². The number of ether oxygens (including phenoxy) is 1. The normalized spacial score (nSPS) is 11.9. The van der Waals surface area contributed by atoms with E-state index in [1.165, 1.54) is 11.3 Å². The lowest BCUT2D eigenvalue weighted by atomic mass is 9.88. The first-order chi connectivity index (χ1) is 14.9. The number of halogens is 1. The second-order valence-corrected chi connectivity index (χ2v) is 8.93. The Morgan fingerprint density at radius 3 is 2.48 bits per heavy atom. The summed E-state index contributed by atoms with van der Waals surface area (Å²) in [6.45, 7) is 4.53. The molecular weight excluding hydrogens is 432 g/mol. The lowest BCUT2D eigenvalue weighted by Gasteiger charge is -2.19. The maximum atomic E-state index is 12.7. The van der Waals surface area contributed by atoms with E-state index in [0.717, 1.165) is 11.1 Å². The summed E-state index contributed by atoms with van der Waals surface area (Å²) in [4.78, 5) is 29.3. The van der Waals surface area contributed by atoms with Crippen LogP contribution in [0.25, 0.3) is 0 Å². The number of thiazole rings is 1. The fourth-order valence-corrected chi connectivity index (χ4v) is 4.09. The van der Waals surface area contributed by atoms with Gasteiger partial charge in [0.25, 0.3) is 0 Å². The molecule has 31 heavy (non-hydrogen) atoms. The first-order valence-electron chi connectivity index (χ1n) is 10.1. The van der Waals surface area contributed by atoms with Gasteiger partial charge in [-0.1, -0.05) is 67.9 Å². The van der Waals surface area contributed by atoms with E-state index in [9.17, 15) is 9.59 Å². The van der Waals surface area contributed by atoms with Crippen molar-refractivity contribution in [1.82, 2.24) is 10.3 Å². The minimum Gasteiger partial charge on any atom is -0.459 e. The van der Waals surface area contributed by atoms with Crippen LogP contribution in [0.3, 0.4) is 0 Å². The van der Waals surface area contributed by atoms with Crippen molar-refractivity contribution in [2.75, 3.05) is 0 Å². The maximum Gasteiger partial charge on any atom is 0.314 e. The molecule has 1 aromatic heterocycles. The van der Waals surface area contributed by atoms with Crippen molar-refractivity contribution in [2.45, 2.75) is 39.3 Å². The van der Waals surface area contributed by atoms with Gasteiger partial charge in [-0.05, 0) is 29.2 Å². The highest BCUT2D eigenvalue weighted by Crippen LogP contribution is 2.27. The fraction of sp³-hybridized carbons (Fsp3) is 0.292. The van der Waals surface area contributed by atoms with Crippen LogP contribution in [0.2, 0.25) is 5.02 Å². The first-order valence-corrected chi connectivity index (χ1v) is 11.3. The summed E-state index contributed by atoms with van der Waals surface area (Å²) >= 11 is 7.34. The summed E-state index contributed by atoms with van der Waals surface area (Å²) in [6, 6.07) is 17.0. The minimum atomic E-state index is -0.376. The molecule has 0 aliphatic rings. The topological polar surface area (TPSA) is 68.3 Å². The highest BCUT2D eigenvalue weighted by atomic mass is 35.5. The largest absolute Gasteiger partial charge is 0.459 e. The van der Waals surface area contributed by atoms with Crippen LogP contribution in [0, 0.1) is 5.92 Å². The molecule has 0 aliphatic carbocycles. The molecule has 1 amide bonds. The van der Waals surface area contributed by atoms with Gasteiger partial charge in [-0.3, -0.25) is 9.59 Å². The monoisotopic (exact) mass is 456 g/mol. The van der Waals surface area contributed by atoms with Crippen LogP contribution < -0.4 is 5.32 Å². The molecule has 0 radical (unpaired) electrons. The van der Waals surface area contributed by atoms with Gasteiger partial charge in [0, 0.05) is 16.9 Å². The molecule has 1 N–H and O–H groups in total. The van der Waals surface area contributed by atoms with Crippen molar-refractivity contribution in [2.24, 2.45) is 5.92 Å². The van der Waals surface area contributed by atoms with Crippen LogP contribution in [0.15, 0.2) is 60.0 Å². The summed E-state index contributed by atoms with van der Waals surface area (Å²) in [5, 5.41) is 6.03. The Kier molecular flexibility index (Phi) is 8.20. The van der Waals surface area contributed by atoms with Gasteiger partial charge in [-0.15, -0.1) is 11.3 Å². The second kappa shape index (κ2) is 11.1. The van der Waals surface area contributed by atoms with E-state index in [4.69, 9.17) is 16.3 Å². The van der Waals surface area contributed by atoms with E-state index in [2.05, 4.69) is 10.3 Å². The van der Waals surface area contributed by atoms with E-state index < -0.39 is 0 Å². The number of carbonyl (C=O) groups is 2. The van der Waals surface area contributed by atoms with Gasteiger partial charge >= 0.3 is 5.97 Å². The third-order valence-electron chi connectivity index (χ3n) is 4.76. The molecule has 1 heterocycles.